The van der Waals surface area contributed by atoms with Gasteiger partial charge >= 0.3 is 6.01 Å². The van der Waals surface area contributed by atoms with Crippen LogP contribution in [0.4, 0.5) is 14.6 Å². The van der Waals surface area contributed by atoms with Crippen molar-refractivity contribution in [3.8, 4) is 17.3 Å². The normalized spacial score (nSPS) is 26.0. The third kappa shape index (κ3) is 4.82. The number of H-pyrrole nitrogens is 1. The molecule has 1 aromatic carbocycles. The predicted molar refractivity (Wildman–Crippen MR) is 168 cm³/mol. The van der Waals surface area contributed by atoms with Crippen molar-refractivity contribution in [2.24, 2.45) is 0 Å². The summed E-state index contributed by atoms with van der Waals surface area (Å²) in [5, 5.41) is 23.9. The fourth-order valence-corrected chi connectivity index (χ4v) is 8.45. The number of aromatic amines is 1. The number of hydrogen-bond donors (Lipinski definition) is 2. The van der Waals surface area contributed by atoms with Crippen LogP contribution in [-0.4, -0.2) is 95.9 Å². The second-order valence-electron chi connectivity index (χ2n) is 13.3. The Labute approximate surface area is 272 Å². The van der Waals surface area contributed by atoms with E-state index in [0.29, 0.717) is 89.6 Å². The highest BCUT2D eigenvalue weighted by molar-refractivity contribution is 6.33. The molecular formula is C32H32ClF2N9O3. The number of aryl methyl sites for hydroxylation is 1. The molecule has 3 saturated heterocycles. The van der Waals surface area contributed by atoms with Gasteiger partial charge < -0.3 is 19.3 Å². The number of pyridine rings is 1. The Morgan fingerprint density at radius 2 is 2.04 bits per heavy atom. The topological polar surface area (TPSA) is 142 Å². The Morgan fingerprint density at radius 1 is 1.13 bits per heavy atom. The summed E-state index contributed by atoms with van der Waals surface area (Å²) in [7, 11) is 0. The summed E-state index contributed by atoms with van der Waals surface area (Å²) >= 11 is 6.83. The number of halogens is 3. The fourth-order valence-electron chi connectivity index (χ4n) is 8.15. The minimum atomic E-state index is -0.922. The molecule has 5 aliphatic heterocycles. The molecule has 0 saturated carbocycles. The van der Waals surface area contributed by atoms with Gasteiger partial charge in [-0.05, 0) is 50.3 Å². The van der Waals surface area contributed by atoms with E-state index in [0.717, 1.165) is 24.9 Å². The fraction of sp³-hybridized carbons (Fsp3) is 0.500. The molecule has 10 rings (SSSR count). The summed E-state index contributed by atoms with van der Waals surface area (Å²) < 4.78 is 43.5. The molecule has 2 N–H and O–H groups in total. The number of anilines is 1. The van der Waals surface area contributed by atoms with Gasteiger partial charge in [-0.15, -0.1) is 0 Å². The third-order valence-electron chi connectivity index (χ3n) is 10.3. The van der Waals surface area contributed by atoms with Gasteiger partial charge in [-0.25, -0.2) is 8.78 Å². The van der Waals surface area contributed by atoms with Crippen LogP contribution in [-0.2, 0) is 12.8 Å². The molecule has 15 heteroatoms. The second kappa shape index (κ2) is 11.0. The smallest absolute Gasteiger partial charge is 0.319 e. The van der Waals surface area contributed by atoms with Gasteiger partial charge in [-0.1, -0.05) is 16.8 Å². The molecule has 0 unspecified atom stereocenters. The SMILES string of the molecule is O[C@H]1C[C@@H]2CN(C1)c1nc(OC[C@@]34CCCN3C[C@H](F)C4)nc3c(F)c(ncc13)-c1c(c(Cl)cc3[nH]ncc13)CCCc1nc2no1. The van der Waals surface area contributed by atoms with Gasteiger partial charge in [0.15, 0.2) is 11.6 Å². The molecule has 4 atom stereocenters. The average Bonchev–Trinajstić information content (AvgIpc) is 3.84. The first-order valence-corrected chi connectivity index (χ1v) is 16.5. The number of piperidine rings is 1. The number of aromatic nitrogens is 7. The van der Waals surface area contributed by atoms with Crippen LogP contribution in [0.1, 0.15) is 55.3 Å². The molecular weight excluding hydrogens is 632 g/mol. The monoisotopic (exact) mass is 663 g/mol. The van der Waals surface area contributed by atoms with Crippen molar-refractivity contribution in [2.45, 2.75) is 68.7 Å². The summed E-state index contributed by atoms with van der Waals surface area (Å²) in [5.74, 6) is 0.448. The van der Waals surface area contributed by atoms with E-state index in [4.69, 9.17) is 25.8 Å². The number of rotatable bonds is 3. The number of benzene rings is 1. The van der Waals surface area contributed by atoms with Gasteiger partial charge in [0, 0.05) is 60.6 Å². The quantitative estimate of drug-likeness (QED) is 0.281. The zero-order valence-electron chi connectivity index (χ0n) is 25.4. The maximum Gasteiger partial charge on any atom is 0.319 e. The molecule has 5 aromatic rings. The van der Waals surface area contributed by atoms with E-state index in [2.05, 4.69) is 35.2 Å². The van der Waals surface area contributed by atoms with Gasteiger partial charge in [0.2, 0.25) is 5.89 Å². The summed E-state index contributed by atoms with van der Waals surface area (Å²) in [6.45, 7) is 2.02. The van der Waals surface area contributed by atoms with E-state index in [1.165, 1.54) is 0 Å². The summed E-state index contributed by atoms with van der Waals surface area (Å²) in [6.07, 6.45) is 5.72. The number of fused-ring (bicyclic) bond motifs is 5. The van der Waals surface area contributed by atoms with Crippen LogP contribution in [0.2, 0.25) is 5.02 Å². The zero-order valence-corrected chi connectivity index (χ0v) is 26.2. The van der Waals surface area contributed by atoms with E-state index >= 15 is 4.39 Å². The average molecular weight is 664 g/mol. The largest absolute Gasteiger partial charge is 0.461 e. The van der Waals surface area contributed by atoms with Crippen molar-refractivity contribution in [1.82, 2.24) is 40.2 Å². The number of ether oxygens (including phenoxy) is 1. The van der Waals surface area contributed by atoms with Gasteiger partial charge in [-0.2, -0.15) is 20.1 Å². The Bertz CT molecular complexity index is 2020. The number of aliphatic hydroxyl groups excluding tert-OH is 1. The molecule has 4 aromatic heterocycles. The Morgan fingerprint density at radius 3 is 2.96 bits per heavy atom. The summed E-state index contributed by atoms with van der Waals surface area (Å²) in [5.41, 5.74) is 1.55. The molecule has 244 valence electrons. The van der Waals surface area contributed by atoms with Crippen LogP contribution in [0.15, 0.2) is 23.0 Å². The van der Waals surface area contributed by atoms with Gasteiger partial charge in [0.05, 0.1) is 28.7 Å². The highest BCUT2D eigenvalue weighted by Crippen LogP contribution is 2.43. The molecule has 0 amide bonds. The van der Waals surface area contributed by atoms with Crippen LogP contribution in [0.3, 0.4) is 0 Å². The van der Waals surface area contributed by atoms with Gasteiger partial charge in [0.1, 0.15) is 29.8 Å². The van der Waals surface area contributed by atoms with Crippen LogP contribution >= 0.6 is 11.6 Å². The lowest BCUT2D eigenvalue weighted by molar-refractivity contribution is 0.107. The van der Waals surface area contributed by atoms with Crippen LogP contribution in [0.5, 0.6) is 6.01 Å². The van der Waals surface area contributed by atoms with Crippen molar-refractivity contribution in [3.63, 3.8) is 0 Å². The van der Waals surface area contributed by atoms with Crippen molar-refractivity contribution < 1.29 is 23.1 Å². The summed E-state index contributed by atoms with van der Waals surface area (Å²) in [6, 6.07) is 1.76. The molecule has 0 aliphatic carbocycles. The molecule has 47 heavy (non-hydrogen) atoms. The van der Waals surface area contributed by atoms with Crippen molar-refractivity contribution in [2.75, 3.05) is 37.7 Å². The van der Waals surface area contributed by atoms with Crippen molar-refractivity contribution in [3.05, 3.63) is 46.6 Å². The van der Waals surface area contributed by atoms with E-state index in [-0.39, 0.29) is 36.3 Å². The van der Waals surface area contributed by atoms with E-state index in [1.54, 1.807) is 18.5 Å². The molecule has 0 radical (unpaired) electrons. The first-order chi connectivity index (χ1) is 22.8. The molecule has 5 aliphatic rings. The first-order valence-electron chi connectivity index (χ1n) is 16.1. The third-order valence-corrected chi connectivity index (χ3v) is 10.6. The minimum Gasteiger partial charge on any atom is -0.461 e. The minimum absolute atomic E-state index is 0.0218. The van der Waals surface area contributed by atoms with Crippen LogP contribution in [0.25, 0.3) is 33.1 Å². The predicted octanol–water partition coefficient (Wildman–Crippen LogP) is 4.54. The summed E-state index contributed by atoms with van der Waals surface area (Å²) in [4.78, 5) is 22.8. The highest BCUT2D eigenvalue weighted by atomic mass is 35.5. The number of aliphatic hydroxyl groups is 1. The van der Waals surface area contributed by atoms with E-state index in [9.17, 15) is 9.50 Å². The maximum atomic E-state index is 17.1. The maximum absolute atomic E-state index is 17.1. The molecule has 0 spiro atoms. The molecule has 9 heterocycles. The van der Waals surface area contributed by atoms with Gasteiger partial charge in [-0.3, -0.25) is 15.0 Å². The number of alkyl halides is 1. The number of nitrogens with one attached hydrogen (secondary N) is 1. The molecule has 3 fully saturated rings. The lowest BCUT2D eigenvalue weighted by Crippen LogP contribution is -2.44. The number of nitrogens with zero attached hydrogens (tertiary/aromatic N) is 8. The van der Waals surface area contributed by atoms with E-state index < -0.39 is 23.6 Å². The second-order valence-corrected chi connectivity index (χ2v) is 13.7. The molecule has 12 nitrogen and oxygen atoms in total. The number of hydrogen-bond acceptors (Lipinski definition) is 11. The Hall–Kier alpha value is -4.01. The van der Waals surface area contributed by atoms with Crippen molar-refractivity contribution in [1.29, 1.82) is 0 Å². The van der Waals surface area contributed by atoms with Gasteiger partial charge in [0.25, 0.3) is 0 Å². The molecule has 8 bridgehead atoms. The van der Waals surface area contributed by atoms with Crippen molar-refractivity contribution >= 4 is 39.2 Å². The lowest BCUT2D eigenvalue weighted by atomic mass is 9.94. The first kappa shape index (κ1) is 29.2. The Kier molecular flexibility index (Phi) is 6.84. The van der Waals surface area contributed by atoms with Crippen LogP contribution < -0.4 is 9.64 Å². The Balaban J connectivity index is 1.23. The standard InChI is InChI=1S/C32H32ClF2N9O3/c33-22-8-23-20(11-37-41-23)25-19(22)3-1-4-24-38-29(42-47-24)16-7-18(45)14-43(12-16)30-21-10-36-28(25)26(35)27(21)39-31(40-30)46-15-32-5-2-6-44(32)13-17(34)9-32/h8,10-11,16-18,45H,1-7,9,12-15H2,(H,37,41)/t16-,17-,18+,32+/m1/s1. The highest BCUT2D eigenvalue weighted by Gasteiger charge is 2.49. The lowest BCUT2D eigenvalue weighted by Gasteiger charge is -2.36. The zero-order chi connectivity index (χ0) is 31.9. The van der Waals surface area contributed by atoms with E-state index in [1.807, 2.05) is 4.90 Å². The van der Waals surface area contributed by atoms with Crippen LogP contribution in [0, 0.1) is 5.82 Å².